The predicted molar refractivity (Wildman–Crippen MR) is 62.1 cm³/mol. The van der Waals surface area contributed by atoms with Gasteiger partial charge in [-0.25, -0.2) is 0 Å². The predicted octanol–water partition coefficient (Wildman–Crippen LogP) is 2.24. The van der Waals surface area contributed by atoms with E-state index in [0.717, 1.165) is 12.8 Å². The van der Waals surface area contributed by atoms with Gasteiger partial charge in [0.15, 0.2) is 0 Å². The van der Waals surface area contributed by atoms with E-state index in [2.05, 4.69) is 32.0 Å². The molecule has 1 rings (SSSR count). The first-order valence-corrected chi connectivity index (χ1v) is 5.37. The Morgan fingerprint density at radius 1 is 1.27 bits per heavy atom. The smallest absolute Gasteiger partial charge is 0.0776 e. The second kappa shape index (κ2) is 5.89. The average molecular weight is 208 g/mol. The van der Waals surface area contributed by atoms with Crippen LogP contribution in [-0.2, 0) is 11.2 Å². The number of hydrogen-bond acceptors (Lipinski definition) is 2. The Morgan fingerprint density at radius 2 is 1.87 bits per heavy atom. The van der Waals surface area contributed by atoms with Gasteiger partial charge in [0.1, 0.15) is 0 Å². The molecular weight excluding hydrogens is 188 g/mol. The lowest BCUT2D eigenvalue weighted by atomic mass is 9.97. The number of aliphatic hydroxyl groups excluding tert-OH is 1. The van der Waals surface area contributed by atoms with Gasteiger partial charge in [0, 0.05) is 7.11 Å². The van der Waals surface area contributed by atoms with Crippen molar-refractivity contribution in [3.63, 3.8) is 0 Å². The molecule has 0 fully saturated rings. The van der Waals surface area contributed by atoms with Crippen LogP contribution >= 0.6 is 0 Å². The molecule has 0 aliphatic carbocycles. The first-order valence-electron chi connectivity index (χ1n) is 5.37. The maximum Gasteiger partial charge on any atom is 0.0776 e. The monoisotopic (exact) mass is 208 g/mol. The van der Waals surface area contributed by atoms with Crippen LogP contribution in [0.1, 0.15) is 23.1 Å². The fourth-order valence-corrected chi connectivity index (χ4v) is 1.83. The number of rotatable bonds is 5. The molecule has 0 heterocycles. The molecule has 0 saturated carbocycles. The van der Waals surface area contributed by atoms with Crippen LogP contribution in [0.4, 0.5) is 0 Å². The minimum Gasteiger partial charge on any atom is -0.391 e. The van der Waals surface area contributed by atoms with E-state index in [1.165, 1.54) is 16.7 Å². The van der Waals surface area contributed by atoms with Crippen LogP contribution < -0.4 is 0 Å². The van der Waals surface area contributed by atoms with Gasteiger partial charge in [-0.05, 0) is 43.4 Å². The molecule has 1 atom stereocenters. The van der Waals surface area contributed by atoms with Crippen molar-refractivity contribution in [2.75, 3.05) is 13.7 Å². The quantitative estimate of drug-likeness (QED) is 0.804. The zero-order valence-electron chi connectivity index (χ0n) is 9.79. The number of hydrogen-bond donors (Lipinski definition) is 1. The van der Waals surface area contributed by atoms with Crippen molar-refractivity contribution < 1.29 is 9.84 Å². The lowest BCUT2D eigenvalue weighted by Gasteiger charge is -2.12. The second-order valence-electron chi connectivity index (χ2n) is 4.02. The molecule has 0 amide bonds. The number of methoxy groups -OCH3 is 1. The van der Waals surface area contributed by atoms with Gasteiger partial charge in [-0.3, -0.25) is 0 Å². The van der Waals surface area contributed by atoms with E-state index in [1.54, 1.807) is 7.11 Å². The molecule has 0 aromatic heterocycles. The summed E-state index contributed by atoms with van der Waals surface area (Å²) in [5.41, 5.74) is 3.96. The van der Waals surface area contributed by atoms with Gasteiger partial charge in [0.2, 0.25) is 0 Å². The summed E-state index contributed by atoms with van der Waals surface area (Å²) >= 11 is 0. The molecule has 1 unspecified atom stereocenters. The van der Waals surface area contributed by atoms with Crippen molar-refractivity contribution in [3.8, 4) is 0 Å². The average Bonchev–Trinajstić information content (AvgIpc) is 2.17. The molecule has 0 bridgehead atoms. The highest BCUT2D eigenvalue weighted by Crippen LogP contribution is 2.16. The summed E-state index contributed by atoms with van der Waals surface area (Å²) in [6.45, 7) is 4.65. The summed E-state index contributed by atoms with van der Waals surface area (Å²) in [6.07, 6.45) is 1.33. The Balaban J connectivity index is 2.57. The summed E-state index contributed by atoms with van der Waals surface area (Å²) in [5, 5.41) is 9.57. The highest BCUT2D eigenvalue weighted by molar-refractivity contribution is 5.33. The lowest BCUT2D eigenvalue weighted by Crippen LogP contribution is -2.15. The fourth-order valence-electron chi connectivity index (χ4n) is 1.83. The van der Waals surface area contributed by atoms with Gasteiger partial charge in [-0.2, -0.15) is 0 Å². The molecule has 0 saturated heterocycles. The maximum absolute atomic E-state index is 9.57. The lowest BCUT2D eigenvalue weighted by molar-refractivity contribution is 0.0595. The van der Waals surface area contributed by atoms with Gasteiger partial charge < -0.3 is 9.84 Å². The topological polar surface area (TPSA) is 29.5 Å². The van der Waals surface area contributed by atoms with Gasteiger partial charge in [0.25, 0.3) is 0 Å². The standard InChI is InChI=1S/C13H20O2/c1-10-5-4-6-11(2)13(10)8-7-12(14)9-15-3/h4-6,12,14H,7-9H2,1-3H3. The number of aliphatic hydroxyl groups is 1. The van der Waals surface area contributed by atoms with Crippen molar-refractivity contribution in [1.82, 2.24) is 0 Å². The fraction of sp³-hybridized carbons (Fsp3) is 0.538. The Labute approximate surface area is 91.9 Å². The summed E-state index contributed by atoms with van der Waals surface area (Å²) in [6, 6.07) is 6.30. The second-order valence-corrected chi connectivity index (χ2v) is 4.02. The molecule has 84 valence electrons. The molecule has 1 aromatic rings. The third kappa shape index (κ3) is 3.65. The number of benzene rings is 1. The number of ether oxygens (including phenoxy) is 1. The van der Waals surface area contributed by atoms with E-state index in [1.807, 2.05) is 0 Å². The highest BCUT2D eigenvalue weighted by Gasteiger charge is 2.07. The van der Waals surface area contributed by atoms with Crippen LogP contribution in [0.5, 0.6) is 0 Å². The first kappa shape index (κ1) is 12.2. The van der Waals surface area contributed by atoms with Crippen molar-refractivity contribution in [1.29, 1.82) is 0 Å². The normalized spacial score (nSPS) is 12.8. The first-order chi connectivity index (χ1) is 7.15. The van der Waals surface area contributed by atoms with Crippen LogP contribution in [-0.4, -0.2) is 24.9 Å². The minimum atomic E-state index is -0.353. The van der Waals surface area contributed by atoms with Crippen LogP contribution in [0.2, 0.25) is 0 Å². The Morgan fingerprint density at radius 3 is 2.40 bits per heavy atom. The SMILES string of the molecule is COCC(O)CCc1c(C)cccc1C. The largest absolute Gasteiger partial charge is 0.391 e. The Bertz CT molecular complexity index is 287. The van der Waals surface area contributed by atoms with Gasteiger partial charge in [-0.15, -0.1) is 0 Å². The van der Waals surface area contributed by atoms with Gasteiger partial charge >= 0.3 is 0 Å². The van der Waals surface area contributed by atoms with Crippen LogP contribution in [0.3, 0.4) is 0 Å². The van der Waals surface area contributed by atoms with Crippen molar-refractivity contribution >= 4 is 0 Å². The summed E-state index contributed by atoms with van der Waals surface area (Å²) < 4.78 is 4.90. The van der Waals surface area contributed by atoms with Gasteiger partial charge in [-0.1, -0.05) is 18.2 Å². The van der Waals surface area contributed by atoms with Crippen molar-refractivity contribution in [2.45, 2.75) is 32.8 Å². The molecule has 1 aromatic carbocycles. The summed E-state index contributed by atoms with van der Waals surface area (Å²) in [5.74, 6) is 0. The number of aryl methyl sites for hydroxylation is 2. The molecule has 0 aliphatic heterocycles. The van der Waals surface area contributed by atoms with Gasteiger partial charge in [0.05, 0.1) is 12.7 Å². The molecule has 0 radical (unpaired) electrons. The van der Waals surface area contributed by atoms with Crippen LogP contribution in [0.15, 0.2) is 18.2 Å². The van der Waals surface area contributed by atoms with E-state index in [9.17, 15) is 5.11 Å². The summed E-state index contributed by atoms with van der Waals surface area (Å²) in [7, 11) is 1.61. The Hall–Kier alpha value is -0.860. The highest BCUT2D eigenvalue weighted by atomic mass is 16.5. The molecule has 2 nitrogen and oxygen atoms in total. The molecule has 15 heavy (non-hydrogen) atoms. The summed E-state index contributed by atoms with van der Waals surface area (Å²) in [4.78, 5) is 0. The molecule has 0 spiro atoms. The Kier molecular flexibility index (Phi) is 4.79. The molecule has 0 aliphatic rings. The minimum absolute atomic E-state index is 0.353. The van der Waals surface area contributed by atoms with Crippen molar-refractivity contribution in [3.05, 3.63) is 34.9 Å². The van der Waals surface area contributed by atoms with E-state index in [-0.39, 0.29) is 6.10 Å². The molecule has 1 N–H and O–H groups in total. The van der Waals surface area contributed by atoms with E-state index >= 15 is 0 Å². The molecule has 2 heteroatoms. The van der Waals surface area contributed by atoms with E-state index in [0.29, 0.717) is 6.61 Å². The van der Waals surface area contributed by atoms with E-state index < -0.39 is 0 Å². The van der Waals surface area contributed by atoms with Crippen LogP contribution in [0.25, 0.3) is 0 Å². The van der Waals surface area contributed by atoms with Crippen LogP contribution in [0, 0.1) is 13.8 Å². The van der Waals surface area contributed by atoms with E-state index in [4.69, 9.17) is 4.74 Å². The maximum atomic E-state index is 9.57. The third-order valence-corrected chi connectivity index (χ3v) is 2.73. The van der Waals surface area contributed by atoms with Crippen molar-refractivity contribution in [2.24, 2.45) is 0 Å². The molecular formula is C13H20O2. The zero-order valence-corrected chi connectivity index (χ0v) is 9.79. The zero-order chi connectivity index (χ0) is 11.3. The third-order valence-electron chi connectivity index (χ3n) is 2.73.